The molecule has 196 valence electrons. The van der Waals surface area contributed by atoms with Gasteiger partial charge in [0.1, 0.15) is 0 Å². The van der Waals surface area contributed by atoms with Crippen molar-refractivity contribution in [3.8, 4) is 11.5 Å². The summed E-state index contributed by atoms with van der Waals surface area (Å²) in [4.78, 5) is 21.8. The zero-order chi connectivity index (χ0) is 25.8. The molecule has 1 saturated heterocycles. The Hall–Kier alpha value is -3.16. The summed E-state index contributed by atoms with van der Waals surface area (Å²) in [5, 5.41) is 1.22. The first-order valence-corrected chi connectivity index (χ1v) is 13.2. The van der Waals surface area contributed by atoms with Gasteiger partial charge in [-0.3, -0.25) is 19.6 Å². The van der Waals surface area contributed by atoms with Gasteiger partial charge in [0, 0.05) is 50.2 Å². The Kier molecular flexibility index (Phi) is 7.91. The Labute approximate surface area is 219 Å². The van der Waals surface area contributed by atoms with Gasteiger partial charge in [0.2, 0.25) is 0 Å². The molecule has 0 aliphatic carbocycles. The number of para-hydroxylation sites is 1. The lowest BCUT2D eigenvalue weighted by molar-refractivity contribution is -0.141. The number of likely N-dealkylation sites (tertiary alicyclic amines) is 1. The van der Waals surface area contributed by atoms with Crippen molar-refractivity contribution in [3.63, 3.8) is 0 Å². The quantitative estimate of drug-likeness (QED) is 0.421. The van der Waals surface area contributed by atoms with Gasteiger partial charge in [0.25, 0.3) is 0 Å². The first kappa shape index (κ1) is 25.5. The van der Waals surface area contributed by atoms with Crippen LogP contribution >= 0.6 is 0 Å². The van der Waals surface area contributed by atoms with Gasteiger partial charge in [-0.05, 0) is 72.7 Å². The van der Waals surface area contributed by atoms with E-state index in [4.69, 9.17) is 14.2 Å². The first-order valence-electron chi connectivity index (χ1n) is 13.2. The SMILES string of the molecule is COC(=O)CC[C@@H]1CN(Cc2ccnc3ccccc23)CC[C@@H]1N1CCc2cc(OC)c(OC)cc2C1. The van der Waals surface area contributed by atoms with E-state index in [1.807, 2.05) is 12.3 Å². The number of nitrogens with zero attached hydrogens (tertiary/aromatic N) is 3. The van der Waals surface area contributed by atoms with Crippen molar-refractivity contribution in [1.29, 1.82) is 0 Å². The molecule has 1 fully saturated rings. The Bertz CT molecular complexity index is 1240. The molecular weight excluding hydrogens is 466 g/mol. The average molecular weight is 504 g/mol. The molecule has 0 saturated carbocycles. The van der Waals surface area contributed by atoms with Crippen LogP contribution in [0.25, 0.3) is 10.9 Å². The summed E-state index contributed by atoms with van der Waals surface area (Å²) >= 11 is 0. The fraction of sp³-hybridized carbons (Fsp3) is 0.467. The molecule has 5 rings (SSSR count). The van der Waals surface area contributed by atoms with E-state index in [1.165, 1.54) is 29.2 Å². The minimum Gasteiger partial charge on any atom is -0.493 e. The molecule has 3 heterocycles. The topological polar surface area (TPSA) is 64.1 Å². The predicted octanol–water partition coefficient (Wildman–Crippen LogP) is 4.45. The second kappa shape index (κ2) is 11.5. The highest BCUT2D eigenvalue weighted by molar-refractivity contribution is 5.81. The molecule has 2 aliphatic rings. The monoisotopic (exact) mass is 503 g/mol. The van der Waals surface area contributed by atoms with Gasteiger partial charge in [-0.1, -0.05) is 18.2 Å². The largest absolute Gasteiger partial charge is 0.493 e. The van der Waals surface area contributed by atoms with Gasteiger partial charge < -0.3 is 14.2 Å². The average Bonchev–Trinajstić information content (AvgIpc) is 2.95. The third-order valence-electron chi connectivity index (χ3n) is 8.07. The maximum absolute atomic E-state index is 12.1. The van der Waals surface area contributed by atoms with Crippen LogP contribution in [-0.2, 0) is 29.0 Å². The van der Waals surface area contributed by atoms with Crippen LogP contribution < -0.4 is 9.47 Å². The minimum absolute atomic E-state index is 0.128. The highest BCUT2D eigenvalue weighted by atomic mass is 16.5. The number of hydrogen-bond acceptors (Lipinski definition) is 7. The molecule has 3 aromatic rings. The minimum atomic E-state index is -0.128. The van der Waals surface area contributed by atoms with Crippen LogP contribution in [0.2, 0.25) is 0 Å². The molecule has 7 nitrogen and oxygen atoms in total. The summed E-state index contributed by atoms with van der Waals surface area (Å²) in [5.41, 5.74) is 4.99. The normalized spacial score (nSPS) is 20.4. The van der Waals surface area contributed by atoms with Crippen LogP contribution in [0.4, 0.5) is 0 Å². The number of piperidine rings is 1. The van der Waals surface area contributed by atoms with Crippen LogP contribution in [-0.4, -0.2) is 67.8 Å². The fourth-order valence-electron chi connectivity index (χ4n) is 6.13. The van der Waals surface area contributed by atoms with Crippen molar-refractivity contribution in [2.24, 2.45) is 5.92 Å². The zero-order valence-corrected chi connectivity index (χ0v) is 22.1. The third kappa shape index (κ3) is 5.58. The molecule has 0 bridgehead atoms. The van der Waals surface area contributed by atoms with E-state index in [0.29, 0.717) is 18.4 Å². The molecule has 0 spiro atoms. The van der Waals surface area contributed by atoms with Crippen molar-refractivity contribution in [1.82, 2.24) is 14.8 Å². The number of methoxy groups -OCH3 is 3. The summed E-state index contributed by atoms with van der Waals surface area (Å²) in [6.07, 6.45) is 5.27. The maximum atomic E-state index is 12.1. The highest BCUT2D eigenvalue weighted by Crippen LogP contribution is 2.36. The number of carbonyl (C=O) groups excluding carboxylic acids is 1. The van der Waals surface area contributed by atoms with Crippen LogP contribution in [0.1, 0.15) is 36.0 Å². The number of fused-ring (bicyclic) bond motifs is 2. The lowest BCUT2D eigenvalue weighted by Gasteiger charge is -2.45. The summed E-state index contributed by atoms with van der Waals surface area (Å²) < 4.78 is 16.1. The molecule has 0 unspecified atom stereocenters. The number of aromatic nitrogens is 1. The van der Waals surface area contributed by atoms with Crippen molar-refractivity contribution in [3.05, 3.63) is 65.4 Å². The third-order valence-corrected chi connectivity index (χ3v) is 8.07. The van der Waals surface area contributed by atoms with Gasteiger partial charge in [-0.2, -0.15) is 0 Å². The van der Waals surface area contributed by atoms with Crippen LogP contribution in [0.3, 0.4) is 0 Å². The van der Waals surface area contributed by atoms with Crippen molar-refractivity contribution in [2.45, 2.75) is 44.8 Å². The molecule has 0 N–H and O–H groups in total. The molecule has 2 atom stereocenters. The van der Waals surface area contributed by atoms with Gasteiger partial charge in [-0.25, -0.2) is 0 Å². The second-order valence-electron chi connectivity index (χ2n) is 10.1. The standard InChI is InChI=1S/C30H37N3O4/c1-35-28-16-21-11-15-33(20-24(21)17-29(28)36-2)27-12-14-32(19-23(27)8-9-30(34)37-3)18-22-10-13-31-26-7-5-4-6-25(22)26/h4-7,10,13,16-17,23,27H,8-9,11-12,14-15,18-20H2,1-3H3/t23-,27+/m1/s1. The number of carbonyl (C=O) groups is 1. The molecule has 1 aromatic heterocycles. The summed E-state index contributed by atoms with van der Waals surface area (Å²) in [7, 11) is 4.86. The summed E-state index contributed by atoms with van der Waals surface area (Å²) in [5.74, 6) is 1.84. The van der Waals surface area contributed by atoms with Crippen LogP contribution in [0.5, 0.6) is 11.5 Å². The van der Waals surface area contributed by atoms with E-state index in [2.05, 4.69) is 51.2 Å². The van der Waals surface area contributed by atoms with E-state index in [9.17, 15) is 4.79 Å². The molecule has 37 heavy (non-hydrogen) atoms. The fourth-order valence-corrected chi connectivity index (χ4v) is 6.13. The van der Waals surface area contributed by atoms with Gasteiger partial charge in [0.15, 0.2) is 11.5 Å². The number of hydrogen-bond donors (Lipinski definition) is 0. The van der Waals surface area contributed by atoms with Crippen LogP contribution in [0, 0.1) is 5.92 Å². The first-order chi connectivity index (χ1) is 18.1. The predicted molar refractivity (Wildman–Crippen MR) is 144 cm³/mol. The van der Waals surface area contributed by atoms with Gasteiger partial charge in [-0.15, -0.1) is 0 Å². The molecule has 0 radical (unpaired) electrons. The van der Waals surface area contributed by atoms with Crippen molar-refractivity contribution in [2.75, 3.05) is 41.0 Å². The van der Waals surface area contributed by atoms with Gasteiger partial charge in [0.05, 0.1) is 26.8 Å². The van der Waals surface area contributed by atoms with Gasteiger partial charge >= 0.3 is 5.97 Å². The van der Waals surface area contributed by atoms with Crippen molar-refractivity contribution < 1.29 is 19.0 Å². The second-order valence-corrected chi connectivity index (χ2v) is 10.1. The molecule has 2 aromatic carbocycles. The number of benzene rings is 2. The molecule has 7 heteroatoms. The number of pyridine rings is 1. The van der Waals surface area contributed by atoms with E-state index in [1.54, 1.807) is 14.2 Å². The molecule has 0 amide bonds. The lowest BCUT2D eigenvalue weighted by Crippen LogP contribution is -2.52. The Morgan fingerprint density at radius 1 is 1.03 bits per heavy atom. The maximum Gasteiger partial charge on any atom is 0.305 e. The van der Waals surface area contributed by atoms with E-state index >= 15 is 0 Å². The zero-order valence-electron chi connectivity index (χ0n) is 22.1. The molecule has 2 aliphatic heterocycles. The summed E-state index contributed by atoms with van der Waals surface area (Å²) in [6.45, 7) is 4.80. The number of esters is 1. The van der Waals surface area contributed by atoms with E-state index in [-0.39, 0.29) is 5.97 Å². The number of ether oxygens (including phenoxy) is 3. The van der Waals surface area contributed by atoms with E-state index < -0.39 is 0 Å². The Morgan fingerprint density at radius 2 is 1.81 bits per heavy atom. The Morgan fingerprint density at radius 3 is 2.59 bits per heavy atom. The molecular formula is C30H37N3O4. The lowest BCUT2D eigenvalue weighted by atomic mass is 9.85. The highest BCUT2D eigenvalue weighted by Gasteiger charge is 2.35. The van der Waals surface area contributed by atoms with Crippen molar-refractivity contribution >= 4 is 16.9 Å². The van der Waals surface area contributed by atoms with Crippen LogP contribution in [0.15, 0.2) is 48.7 Å². The Balaban J connectivity index is 1.33. The smallest absolute Gasteiger partial charge is 0.305 e. The number of rotatable bonds is 8. The summed E-state index contributed by atoms with van der Waals surface area (Å²) in [6, 6.07) is 15.2. The van der Waals surface area contributed by atoms with E-state index in [0.717, 1.165) is 69.0 Å².